The van der Waals surface area contributed by atoms with Gasteiger partial charge in [-0.05, 0) is 25.8 Å². The summed E-state index contributed by atoms with van der Waals surface area (Å²) in [5.74, 6) is 0. The van der Waals surface area contributed by atoms with Gasteiger partial charge < -0.3 is 11.1 Å². The van der Waals surface area contributed by atoms with Gasteiger partial charge in [0.05, 0.1) is 4.92 Å². The smallest absolute Gasteiger partial charge is 0.274 e. The number of nitro groups is 1. The summed E-state index contributed by atoms with van der Waals surface area (Å²) in [6.45, 7) is 1.77. The molecule has 0 bridgehead atoms. The summed E-state index contributed by atoms with van der Waals surface area (Å²) < 4.78 is 0. The van der Waals surface area contributed by atoms with Gasteiger partial charge >= 0.3 is 0 Å². The fraction of sp³-hybridized carbons (Fsp3) is 0.538. The van der Waals surface area contributed by atoms with Crippen molar-refractivity contribution >= 4 is 11.4 Å². The van der Waals surface area contributed by atoms with Gasteiger partial charge in [-0.25, -0.2) is 0 Å². The van der Waals surface area contributed by atoms with Crippen LogP contribution in [0.25, 0.3) is 0 Å². The van der Waals surface area contributed by atoms with Crippen LogP contribution in [0.1, 0.15) is 31.2 Å². The average Bonchev–Trinajstić information content (AvgIpc) is 2.34. The third kappa shape index (κ3) is 2.61. The van der Waals surface area contributed by atoms with Crippen molar-refractivity contribution in [2.24, 2.45) is 5.73 Å². The van der Waals surface area contributed by atoms with Crippen molar-refractivity contribution in [3.63, 3.8) is 0 Å². The Balaban J connectivity index is 2.18. The van der Waals surface area contributed by atoms with Crippen molar-refractivity contribution in [2.45, 2.75) is 44.7 Å². The molecule has 0 amide bonds. The first-order chi connectivity index (χ1) is 8.59. The molecule has 2 rings (SSSR count). The van der Waals surface area contributed by atoms with Crippen LogP contribution >= 0.6 is 0 Å². The van der Waals surface area contributed by atoms with E-state index in [1.807, 2.05) is 6.07 Å². The lowest BCUT2D eigenvalue weighted by Gasteiger charge is -2.30. The van der Waals surface area contributed by atoms with Crippen LogP contribution in [-0.2, 0) is 0 Å². The van der Waals surface area contributed by atoms with E-state index >= 15 is 0 Å². The Morgan fingerprint density at radius 2 is 2.11 bits per heavy atom. The second-order valence-corrected chi connectivity index (χ2v) is 4.91. The van der Waals surface area contributed by atoms with Crippen LogP contribution in [0.5, 0.6) is 0 Å². The van der Waals surface area contributed by atoms with E-state index in [1.165, 1.54) is 18.9 Å². The highest BCUT2D eigenvalue weighted by Gasteiger charge is 2.23. The maximum Gasteiger partial charge on any atom is 0.274 e. The first kappa shape index (κ1) is 12.8. The molecule has 1 aromatic carbocycles. The first-order valence-electron chi connectivity index (χ1n) is 6.35. The predicted octanol–water partition coefficient (Wildman–Crippen LogP) is 2.59. The van der Waals surface area contributed by atoms with Gasteiger partial charge in [0, 0.05) is 29.4 Å². The molecule has 1 saturated carbocycles. The molecule has 1 aromatic rings. The molecule has 1 aliphatic rings. The van der Waals surface area contributed by atoms with Gasteiger partial charge in [-0.3, -0.25) is 10.1 Å². The Bertz CT molecular complexity index is 448. The number of anilines is 1. The minimum atomic E-state index is -0.346. The van der Waals surface area contributed by atoms with Gasteiger partial charge in [0.15, 0.2) is 0 Å². The van der Waals surface area contributed by atoms with Gasteiger partial charge in [-0.2, -0.15) is 0 Å². The lowest BCUT2D eigenvalue weighted by atomic mass is 9.90. The third-order valence-electron chi connectivity index (χ3n) is 3.66. The van der Waals surface area contributed by atoms with Gasteiger partial charge in [0.1, 0.15) is 0 Å². The molecule has 1 fully saturated rings. The van der Waals surface area contributed by atoms with Crippen molar-refractivity contribution in [1.29, 1.82) is 0 Å². The molecule has 98 valence electrons. The minimum absolute atomic E-state index is 0.136. The van der Waals surface area contributed by atoms with E-state index in [2.05, 4.69) is 5.32 Å². The van der Waals surface area contributed by atoms with Crippen LogP contribution in [0, 0.1) is 17.0 Å². The summed E-state index contributed by atoms with van der Waals surface area (Å²) in [6, 6.07) is 5.48. The molecule has 5 nitrogen and oxygen atoms in total. The van der Waals surface area contributed by atoms with Gasteiger partial charge in [0.25, 0.3) is 5.69 Å². The van der Waals surface area contributed by atoms with E-state index in [1.54, 1.807) is 13.0 Å². The van der Waals surface area contributed by atoms with E-state index < -0.39 is 0 Å². The fourth-order valence-electron chi connectivity index (χ4n) is 2.52. The summed E-state index contributed by atoms with van der Waals surface area (Å²) in [5.41, 5.74) is 7.74. The molecule has 0 spiro atoms. The molecule has 0 saturated heterocycles. The molecule has 0 aliphatic heterocycles. The van der Waals surface area contributed by atoms with Crippen LogP contribution < -0.4 is 11.1 Å². The summed E-state index contributed by atoms with van der Waals surface area (Å²) in [5, 5.41) is 14.2. The summed E-state index contributed by atoms with van der Waals surface area (Å²) in [7, 11) is 0. The zero-order chi connectivity index (χ0) is 13.1. The fourth-order valence-corrected chi connectivity index (χ4v) is 2.52. The highest BCUT2D eigenvalue weighted by atomic mass is 16.6. The molecule has 5 heteroatoms. The molecule has 2 unspecified atom stereocenters. The number of nitrogens with one attached hydrogen (secondary N) is 1. The molecule has 2 atom stereocenters. The van der Waals surface area contributed by atoms with E-state index in [0.717, 1.165) is 18.5 Å². The Hall–Kier alpha value is -1.62. The van der Waals surface area contributed by atoms with Crippen molar-refractivity contribution in [3.05, 3.63) is 33.9 Å². The third-order valence-corrected chi connectivity index (χ3v) is 3.66. The van der Waals surface area contributed by atoms with Crippen molar-refractivity contribution in [2.75, 3.05) is 5.32 Å². The lowest BCUT2D eigenvalue weighted by molar-refractivity contribution is -0.385. The second-order valence-electron chi connectivity index (χ2n) is 4.91. The number of nitro benzene ring substituents is 1. The Morgan fingerprint density at radius 3 is 2.78 bits per heavy atom. The van der Waals surface area contributed by atoms with E-state index in [0.29, 0.717) is 5.56 Å². The maximum atomic E-state index is 10.9. The molecule has 1 aliphatic carbocycles. The largest absolute Gasteiger partial charge is 0.380 e. The normalized spacial score (nSPS) is 23.7. The SMILES string of the molecule is Cc1c(NC2CCCCC2N)cccc1[N+](=O)[O-]. The molecule has 0 radical (unpaired) electrons. The van der Waals surface area contributed by atoms with Crippen molar-refractivity contribution in [1.82, 2.24) is 0 Å². The molecule has 18 heavy (non-hydrogen) atoms. The molecular weight excluding hydrogens is 230 g/mol. The van der Waals surface area contributed by atoms with Crippen LogP contribution in [0.4, 0.5) is 11.4 Å². The summed E-state index contributed by atoms with van der Waals surface area (Å²) in [4.78, 5) is 10.5. The number of hydrogen-bond acceptors (Lipinski definition) is 4. The van der Waals surface area contributed by atoms with Crippen LogP contribution in [0.2, 0.25) is 0 Å². The second kappa shape index (κ2) is 5.35. The summed E-state index contributed by atoms with van der Waals surface area (Å²) >= 11 is 0. The van der Waals surface area contributed by atoms with Crippen LogP contribution in [0.15, 0.2) is 18.2 Å². The first-order valence-corrected chi connectivity index (χ1v) is 6.35. The van der Waals surface area contributed by atoms with Gasteiger partial charge in [-0.1, -0.05) is 18.9 Å². The van der Waals surface area contributed by atoms with Gasteiger partial charge in [0.2, 0.25) is 0 Å². The van der Waals surface area contributed by atoms with E-state index in [-0.39, 0.29) is 22.7 Å². The molecule has 3 N–H and O–H groups in total. The lowest BCUT2D eigenvalue weighted by Crippen LogP contribution is -2.42. The average molecular weight is 249 g/mol. The Labute approximate surface area is 107 Å². The topological polar surface area (TPSA) is 81.2 Å². The number of benzene rings is 1. The van der Waals surface area contributed by atoms with Crippen molar-refractivity contribution < 1.29 is 4.92 Å². The summed E-state index contributed by atoms with van der Waals surface area (Å²) in [6.07, 6.45) is 4.39. The zero-order valence-electron chi connectivity index (χ0n) is 10.6. The van der Waals surface area contributed by atoms with Gasteiger partial charge in [-0.15, -0.1) is 0 Å². The van der Waals surface area contributed by atoms with Crippen LogP contribution in [-0.4, -0.2) is 17.0 Å². The predicted molar refractivity (Wildman–Crippen MR) is 71.7 cm³/mol. The standard InChI is InChI=1S/C13H19N3O2/c1-9-11(7-4-8-13(9)16(17)18)15-12-6-3-2-5-10(12)14/h4,7-8,10,12,15H,2-3,5-6,14H2,1H3. The quantitative estimate of drug-likeness (QED) is 0.637. The highest BCUT2D eigenvalue weighted by molar-refractivity contribution is 5.60. The number of hydrogen-bond donors (Lipinski definition) is 2. The highest BCUT2D eigenvalue weighted by Crippen LogP contribution is 2.28. The molecule has 0 aromatic heterocycles. The Morgan fingerprint density at radius 1 is 1.39 bits per heavy atom. The maximum absolute atomic E-state index is 10.9. The van der Waals surface area contributed by atoms with E-state index in [4.69, 9.17) is 5.73 Å². The number of nitrogens with zero attached hydrogens (tertiary/aromatic N) is 1. The van der Waals surface area contributed by atoms with Crippen molar-refractivity contribution in [3.8, 4) is 0 Å². The minimum Gasteiger partial charge on any atom is -0.380 e. The van der Waals surface area contributed by atoms with E-state index in [9.17, 15) is 10.1 Å². The molecular formula is C13H19N3O2. The zero-order valence-corrected chi connectivity index (χ0v) is 10.6. The van der Waals surface area contributed by atoms with Crippen LogP contribution in [0.3, 0.4) is 0 Å². The number of rotatable bonds is 3. The Kier molecular flexibility index (Phi) is 3.81. The number of nitrogens with two attached hydrogens (primary N) is 1. The monoisotopic (exact) mass is 249 g/mol. The molecule has 0 heterocycles.